The third-order valence-corrected chi connectivity index (χ3v) is 14.0. The quantitative estimate of drug-likeness (QED) is 0.160. The van der Waals surface area contributed by atoms with Crippen molar-refractivity contribution in [3.63, 3.8) is 0 Å². The van der Waals surface area contributed by atoms with E-state index >= 15 is 0 Å². The van der Waals surface area contributed by atoms with E-state index in [-0.39, 0.29) is 0 Å². The minimum absolute atomic E-state index is 1.12. The number of aromatic nitrogens is 2. The van der Waals surface area contributed by atoms with Crippen molar-refractivity contribution in [1.82, 2.24) is 9.13 Å². The van der Waals surface area contributed by atoms with Gasteiger partial charge >= 0.3 is 0 Å². The van der Waals surface area contributed by atoms with Gasteiger partial charge in [-0.15, -0.1) is 9.24 Å². The Bertz CT molecular complexity index is 3650. The first-order valence-corrected chi connectivity index (χ1v) is 25.1. The lowest BCUT2D eigenvalue weighted by Gasteiger charge is -2.27. The Balaban J connectivity index is 0.00000237. The zero-order chi connectivity index (χ0) is 46.7. The molecular weight excluding hydrogens is 868 g/mol. The lowest BCUT2D eigenvalue weighted by atomic mass is 9.98. The van der Waals surface area contributed by atoms with Gasteiger partial charge in [0.25, 0.3) is 0 Å². The van der Waals surface area contributed by atoms with Crippen molar-refractivity contribution in [3.8, 4) is 67.3 Å². The van der Waals surface area contributed by atoms with Crippen LogP contribution in [0.15, 0.2) is 255 Å². The fourth-order valence-electron chi connectivity index (χ4n) is 11.1. The largest absolute Gasteiger partial charge is 0.309 e. The van der Waals surface area contributed by atoms with Gasteiger partial charge in [-0.3, -0.25) is 0 Å². The predicted octanol–water partition coefficient (Wildman–Crippen LogP) is 18.0. The standard InChI is InChI=1S/C64H42N4.CH5P/c1-3-19-45(20-4-1)65-55-29-13-7-23-49(55)61-51-25-9-15-31-57(51)67(63(61)53-27-11-17-33-59(53)65)47-39-35-43(36-40-47)44-37-41-48(42-38-44)68-58-32-16-10-26-52(58)62-50-24-8-14-30-56(50)66(46-21-5-2-6-22-46)60-34-18-12-28-54(60)64(62)68;1-2/h1-42H;2H2,1H3. The molecule has 10 aromatic carbocycles. The minimum atomic E-state index is 1.12. The molecule has 4 nitrogen and oxygen atoms in total. The normalized spacial score (nSPS) is 12.1. The Hall–Kier alpha value is -8.69. The molecule has 2 aliphatic heterocycles. The van der Waals surface area contributed by atoms with Crippen LogP contribution in [-0.2, 0) is 0 Å². The van der Waals surface area contributed by atoms with Crippen LogP contribution >= 0.6 is 9.24 Å². The van der Waals surface area contributed by atoms with Gasteiger partial charge in [0.15, 0.2) is 0 Å². The molecular formula is C65H47N4P. The van der Waals surface area contributed by atoms with E-state index in [0.29, 0.717) is 0 Å². The third kappa shape index (κ3) is 6.41. The molecule has 0 saturated carbocycles. The first kappa shape index (κ1) is 41.5. The van der Waals surface area contributed by atoms with Crippen molar-refractivity contribution in [2.45, 2.75) is 0 Å². The summed E-state index contributed by atoms with van der Waals surface area (Å²) in [6.07, 6.45) is 0. The number of hydrogen-bond acceptors (Lipinski definition) is 2. The highest BCUT2D eigenvalue weighted by Gasteiger charge is 2.33. The maximum absolute atomic E-state index is 2.47. The number of rotatable bonds is 5. The lowest BCUT2D eigenvalue weighted by molar-refractivity contribution is 1.13. The summed E-state index contributed by atoms with van der Waals surface area (Å²) in [5.41, 5.74) is 23.5. The van der Waals surface area contributed by atoms with Crippen molar-refractivity contribution >= 4 is 65.2 Å². The van der Waals surface area contributed by atoms with Gasteiger partial charge in [0, 0.05) is 66.9 Å². The van der Waals surface area contributed by atoms with E-state index in [9.17, 15) is 0 Å². The van der Waals surface area contributed by atoms with Crippen LogP contribution < -0.4 is 9.80 Å². The molecule has 2 aliphatic rings. The Morgan fingerprint density at radius 2 is 0.557 bits per heavy atom. The Morgan fingerprint density at radius 3 is 0.943 bits per heavy atom. The topological polar surface area (TPSA) is 16.3 Å². The minimum Gasteiger partial charge on any atom is -0.309 e. The molecule has 70 heavy (non-hydrogen) atoms. The first-order chi connectivity index (χ1) is 34.8. The van der Waals surface area contributed by atoms with Crippen LogP contribution in [-0.4, -0.2) is 15.8 Å². The zero-order valence-electron chi connectivity index (χ0n) is 38.6. The van der Waals surface area contributed by atoms with Crippen LogP contribution in [0.2, 0.25) is 0 Å². The summed E-state index contributed by atoms with van der Waals surface area (Å²) in [7, 11) is 2.42. The number of anilines is 6. The highest BCUT2D eigenvalue weighted by Crippen LogP contribution is 2.56. The summed E-state index contributed by atoms with van der Waals surface area (Å²) in [4.78, 5) is 4.84. The molecule has 4 heterocycles. The summed E-state index contributed by atoms with van der Waals surface area (Å²) in [5.74, 6) is 0. The van der Waals surface area contributed by atoms with Gasteiger partial charge in [-0.2, -0.15) is 0 Å². The number of nitrogens with zero attached hydrogens (tertiary/aromatic N) is 4. The summed E-state index contributed by atoms with van der Waals surface area (Å²) in [6.45, 7) is 1.92. The number of hydrogen-bond donors (Lipinski definition) is 0. The van der Waals surface area contributed by atoms with Crippen molar-refractivity contribution in [2.75, 3.05) is 16.5 Å². The summed E-state index contributed by atoms with van der Waals surface area (Å²) >= 11 is 0. The van der Waals surface area contributed by atoms with Crippen LogP contribution in [0.4, 0.5) is 34.1 Å². The van der Waals surface area contributed by atoms with E-state index in [2.05, 4.69) is 283 Å². The van der Waals surface area contributed by atoms with E-state index < -0.39 is 0 Å². The molecule has 0 fully saturated rings. The number of benzene rings is 10. The first-order valence-electron chi connectivity index (χ1n) is 23.9. The second-order valence-corrected chi connectivity index (χ2v) is 17.7. The van der Waals surface area contributed by atoms with Gasteiger partial charge < -0.3 is 18.9 Å². The van der Waals surface area contributed by atoms with Crippen molar-refractivity contribution in [3.05, 3.63) is 255 Å². The molecule has 12 aromatic rings. The van der Waals surface area contributed by atoms with Crippen LogP contribution in [0.25, 0.3) is 89.1 Å². The molecule has 332 valence electrons. The van der Waals surface area contributed by atoms with E-state index in [4.69, 9.17) is 0 Å². The average molecular weight is 915 g/mol. The highest BCUT2D eigenvalue weighted by atomic mass is 31.0. The maximum atomic E-state index is 2.47. The second kappa shape index (κ2) is 17.1. The van der Waals surface area contributed by atoms with Crippen LogP contribution in [0.5, 0.6) is 0 Å². The Labute approximate surface area is 410 Å². The zero-order valence-corrected chi connectivity index (χ0v) is 39.8. The van der Waals surface area contributed by atoms with Crippen molar-refractivity contribution in [1.29, 1.82) is 0 Å². The molecule has 5 heteroatoms. The predicted molar refractivity (Wildman–Crippen MR) is 299 cm³/mol. The molecule has 0 bridgehead atoms. The second-order valence-electron chi connectivity index (χ2n) is 17.7. The summed E-state index contributed by atoms with van der Waals surface area (Å²) < 4.78 is 4.94. The molecule has 0 aliphatic carbocycles. The smallest absolute Gasteiger partial charge is 0.0641 e. The van der Waals surface area contributed by atoms with Crippen molar-refractivity contribution in [2.24, 2.45) is 0 Å². The molecule has 0 N–H and O–H groups in total. The molecule has 0 spiro atoms. The molecule has 0 amide bonds. The van der Waals surface area contributed by atoms with E-state index in [1.165, 1.54) is 77.9 Å². The summed E-state index contributed by atoms with van der Waals surface area (Å²) in [5, 5.41) is 2.46. The SMILES string of the molecule is CP.c1ccc(N2c3ccccc3-c3c(n(-c4ccc(-c5ccc(-n6c7c(c8ccccc86)-c6ccccc6N(c6ccccc6)c6ccccc6-7)cc5)cc4)c4ccccc34)-c3ccccc32)cc1. The van der Waals surface area contributed by atoms with Crippen LogP contribution in [0.3, 0.4) is 0 Å². The van der Waals surface area contributed by atoms with Gasteiger partial charge in [0.05, 0.1) is 45.2 Å². The van der Waals surface area contributed by atoms with E-state index in [1.807, 2.05) is 6.66 Å². The third-order valence-electron chi connectivity index (χ3n) is 14.0. The van der Waals surface area contributed by atoms with Crippen LogP contribution in [0, 0.1) is 0 Å². The monoisotopic (exact) mass is 914 g/mol. The lowest BCUT2D eigenvalue weighted by Crippen LogP contribution is -2.11. The van der Waals surface area contributed by atoms with E-state index in [1.54, 1.807) is 0 Å². The van der Waals surface area contributed by atoms with Crippen LogP contribution in [0.1, 0.15) is 0 Å². The fraction of sp³-hybridized carbons (Fsp3) is 0.0154. The highest BCUT2D eigenvalue weighted by molar-refractivity contribution is 7.15. The van der Waals surface area contributed by atoms with E-state index in [0.717, 1.165) is 45.3 Å². The van der Waals surface area contributed by atoms with Gasteiger partial charge in [-0.25, -0.2) is 0 Å². The maximum Gasteiger partial charge on any atom is 0.0641 e. The van der Waals surface area contributed by atoms with Gasteiger partial charge in [0.2, 0.25) is 0 Å². The number of fused-ring (bicyclic) bond motifs is 14. The molecule has 14 rings (SSSR count). The van der Waals surface area contributed by atoms with Crippen molar-refractivity contribution < 1.29 is 0 Å². The summed E-state index contributed by atoms with van der Waals surface area (Å²) in [6, 6.07) is 92.9. The van der Waals surface area contributed by atoms with Gasteiger partial charge in [0.1, 0.15) is 0 Å². The Morgan fingerprint density at radius 1 is 0.257 bits per heavy atom. The number of para-hydroxylation sites is 8. The fourth-order valence-corrected chi connectivity index (χ4v) is 11.1. The average Bonchev–Trinajstić information content (AvgIpc) is 3.88. The van der Waals surface area contributed by atoms with Gasteiger partial charge in [-0.1, -0.05) is 177 Å². The molecule has 0 radical (unpaired) electrons. The Kier molecular flexibility index (Phi) is 10.1. The molecule has 1 atom stereocenters. The molecule has 2 aromatic heterocycles. The molecule has 0 saturated heterocycles. The van der Waals surface area contributed by atoms with Gasteiger partial charge in [-0.05, 0) is 96.1 Å². The molecule has 1 unspecified atom stereocenters.